The average Bonchev–Trinajstić information content (AvgIpc) is 2.15. The largest absolute Gasteiger partial charge is 0.488 e. The van der Waals surface area contributed by atoms with Crippen molar-refractivity contribution in [1.82, 2.24) is 0 Å². The molecular formula is C9H10F2NO. The van der Waals surface area contributed by atoms with Gasteiger partial charge in [0.2, 0.25) is 0 Å². The molecule has 0 saturated carbocycles. The number of hydrogen-bond acceptors (Lipinski definition) is 2. The van der Waals surface area contributed by atoms with Crippen LogP contribution in [0.1, 0.15) is 5.56 Å². The van der Waals surface area contributed by atoms with Crippen molar-refractivity contribution in [3.05, 3.63) is 29.8 Å². The van der Waals surface area contributed by atoms with Crippen LogP contribution in [0.5, 0.6) is 5.75 Å². The zero-order valence-corrected chi connectivity index (χ0v) is 6.97. The van der Waals surface area contributed by atoms with E-state index in [2.05, 4.69) is 6.07 Å². The van der Waals surface area contributed by atoms with Crippen LogP contribution in [0.4, 0.5) is 8.78 Å². The zero-order valence-electron chi connectivity index (χ0n) is 6.97. The summed E-state index contributed by atoms with van der Waals surface area (Å²) in [4.78, 5) is 0. The molecule has 0 heterocycles. The van der Waals surface area contributed by atoms with Gasteiger partial charge in [0, 0.05) is 6.54 Å². The lowest BCUT2D eigenvalue weighted by molar-refractivity contribution is 0.0818. The van der Waals surface area contributed by atoms with E-state index in [1.165, 1.54) is 0 Å². The first kappa shape index (κ1) is 9.92. The quantitative estimate of drug-likeness (QED) is 0.774. The third-order valence-electron chi connectivity index (χ3n) is 1.43. The van der Waals surface area contributed by atoms with E-state index in [0.717, 1.165) is 5.56 Å². The van der Waals surface area contributed by atoms with Crippen LogP contribution in [0.2, 0.25) is 0 Å². The monoisotopic (exact) mass is 186 g/mol. The van der Waals surface area contributed by atoms with E-state index < -0.39 is 13.0 Å². The molecule has 1 aromatic carbocycles. The summed E-state index contributed by atoms with van der Waals surface area (Å²) in [6.45, 7) is -0.264. The number of alkyl halides is 2. The summed E-state index contributed by atoms with van der Waals surface area (Å²) in [5.74, 6) is 0.402. The molecule has 1 aromatic rings. The van der Waals surface area contributed by atoms with Gasteiger partial charge in [-0.25, -0.2) is 8.78 Å². The summed E-state index contributed by atoms with van der Waals surface area (Å²) in [5, 5.41) is 0. The summed E-state index contributed by atoms with van der Waals surface area (Å²) < 4.78 is 28.3. The first-order valence-electron chi connectivity index (χ1n) is 3.84. The van der Waals surface area contributed by atoms with Gasteiger partial charge in [-0.2, -0.15) is 0 Å². The highest BCUT2D eigenvalue weighted by atomic mass is 19.3. The van der Waals surface area contributed by atoms with Crippen molar-refractivity contribution < 1.29 is 13.5 Å². The predicted octanol–water partition coefficient (Wildman–Crippen LogP) is 1.59. The highest BCUT2D eigenvalue weighted by Gasteiger charge is 2.03. The van der Waals surface area contributed by atoms with E-state index in [9.17, 15) is 8.78 Å². The minimum Gasteiger partial charge on any atom is -0.488 e. The van der Waals surface area contributed by atoms with Crippen LogP contribution in [0, 0.1) is 6.07 Å². The molecule has 0 aromatic heterocycles. The molecule has 0 bridgehead atoms. The third-order valence-corrected chi connectivity index (χ3v) is 1.43. The lowest BCUT2D eigenvalue weighted by Crippen LogP contribution is -2.07. The number of rotatable bonds is 4. The molecule has 1 radical (unpaired) electrons. The van der Waals surface area contributed by atoms with E-state index >= 15 is 0 Å². The van der Waals surface area contributed by atoms with Crippen LogP contribution in [-0.4, -0.2) is 13.0 Å². The highest BCUT2D eigenvalue weighted by Crippen LogP contribution is 2.13. The van der Waals surface area contributed by atoms with Gasteiger partial charge in [0.1, 0.15) is 12.4 Å². The lowest BCUT2D eigenvalue weighted by Gasteiger charge is -2.05. The maximum absolute atomic E-state index is 11.7. The molecule has 13 heavy (non-hydrogen) atoms. The number of nitrogens with two attached hydrogens (primary N) is 1. The molecule has 2 nitrogen and oxygen atoms in total. The van der Waals surface area contributed by atoms with Crippen molar-refractivity contribution in [3.8, 4) is 5.75 Å². The van der Waals surface area contributed by atoms with Gasteiger partial charge in [-0.05, 0) is 23.8 Å². The first-order valence-corrected chi connectivity index (χ1v) is 3.84. The zero-order chi connectivity index (χ0) is 9.68. The van der Waals surface area contributed by atoms with E-state index in [1.807, 2.05) is 0 Å². The Labute approximate surface area is 75.3 Å². The fraction of sp³-hybridized carbons (Fsp3) is 0.333. The summed E-state index contributed by atoms with van der Waals surface area (Å²) in [5.41, 5.74) is 6.08. The van der Waals surface area contributed by atoms with Crippen molar-refractivity contribution in [2.45, 2.75) is 13.0 Å². The summed E-state index contributed by atoms with van der Waals surface area (Å²) in [6, 6.07) is 7.62. The maximum Gasteiger partial charge on any atom is 0.272 e. The Morgan fingerprint density at radius 1 is 1.54 bits per heavy atom. The van der Waals surface area contributed by atoms with Gasteiger partial charge in [-0.15, -0.1) is 0 Å². The van der Waals surface area contributed by atoms with Crippen molar-refractivity contribution >= 4 is 0 Å². The smallest absolute Gasteiger partial charge is 0.272 e. The van der Waals surface area contributed by atoms with E-state index in [4.69, 9.17) is 10.5 Å². The van der Waals surface area contributed by atoms with Gasteiger partial charge in [-0.3, -0.25) is 0 Å². The fourth-order valence-electron chi connectivity index (χ4n) is 0.859. The number of benzene rings is 1. The average molecular weight is 186 g/mol. The minimum atomic E-state index is -2.45. The number of hydrogen-bond donors (Lipinski definition) is 1. The predicted molar refractivity (Wildman–Crippen MR) is 44.7 cm³/mol. The van der Waals surface area contributed by atoms with Crippen LogP contribution < -0.4 is 10.5 Å². The van der Waals surface area contributed by atoms with Crippen molar-refractivity contribution in [1.29, 1.82) is 0 Å². The Morgan fingerprint density at radius 3 is 2.92 bits per heavy atom. The lowest BCUT2D eigenvalue weighted by atomic mass is 10.2. The standard InChI is InChI=1S/C9H10F2NO/c10-9(11)6-13-8-3-1-2-7(4-8)5-12/h1,3-4,9H,5-6,12H2. The second kappa shape index (κ2) is 4.77. The molecule has 0 aliphatic carbocycles. The Morgan fingerprint density at radius 2 is 2.31 bits per heavy atom. The molecule has 0 amide bonds. The van der Waals surface area contributed by atoms with Crippen molar-refractivity contribution in [2.75, 3.05) is 6.61 Å². The first-order chi connectivity index (χ1) is 6.22. The number of halogens is 2. The molecule has 0 spiro atoms. The summed E-state index contributed by atoms with van der Waals surface area (Å²) in [6.07, 6.45) is -2.45. The molecule has 1 rings (SSSR count). The SMILES string of the molecule is NCc1[c]ccc(OCC(F)F)c1. The van der Waals surface area contributed by atoms with Gasteiger partial charge in [-0.1, -0.05) is 6.07 Å². The molecule has 0 fully saturated rings. The minimum absolute atomic E-state index is 0.325. The molecule has 4 heteroatoms. The molecule has 0 unspecified atom stereocenters. The van der Waals surface area contributed by atoms with E-state index in [0.29, 0.717) is 12.3 Å². The third kappa shape index (κ3) is 3.38. The molecule has 2 N–H and O–H groups in total. The molecule has 0 aliphatic heterocycles. The Hall–Kier alpha value is -1.16. The van der Waals surface area contributed by atoms with Gasteiger partial charge in [0.15, 0.2) is 0 Å². The Bertz CT molecular complexity index is 266. The van der Waals surface area contributed by atoms with Crippen LogP contribution in [0.15, 0.2) is 18.2 Å². The van der Waals surface area contributed by atoms with Crippen molar-refractivity contribution in [3.63, 3.8) is 0 Å². The topological polar surface area (TPSA) is 35.2 Å². The number of ether oxygens (including phenoxy) is 1. The molecule has 0 saturated heterocycles. The summed E-state index contributed by atoms with van der Waals surface area (Å²) in [7, 11) is 0. The fourth-order valence-corrected chi connectivity index (χ4v) is 0.859. The van der Waals surface area contributed by atoms with E-state index in [1.54, 1.807) is 18.2 Å². The molecular weight excluding hydrogens is 176 g/mol. The van der Waals surface area contributed by atoms with Crippen LogP contribution in [0.25, 0.3) is 0 Å². The highest BCUT2D eigenvalue weighted by molar-refractivity contribution is 5.27. The maximum atomic E-state index is 11.7. The van der Waals surface area contributed by atoms with Gasteiger partial charge < -0.3 is 10.5 Å². The van der Waals surface area contributed by atoms with Crippen LogP contribution in [-0.2, 0) is 6.54 Å². The normalized spacial score (nSPS) is 10.5. The van der Waals surface area contributed by atoms with Crippen LogP contribution >= 0.6 is 0 Å². The Balaban J connectivity index is 2.56. The van der Waals surface area contributed by atoms with E-state index in [-0.39, 0.29) is 0 Å². The van der Waals surface area contributed by atoms with Crippen LogP contribution in [0.3, 0.4) is 0 Å². The second-order valence-electron chi connectivity index (χ2n) is 2.46. The summed E-state index contributed by atoms with van der Waals surface area (Å²) >= 11 is 0. The second-order valence-corrected chi connectivity index (χ2v) is 2.46. The Kier molecular flexibility index (Phi) is 3.64. The van der Waals surface area contributed by atoms with Gasteiger partial charge in [0.05, 0.1) is 0 Å². The molecule has 0 atom stereocenters. The molecule has 0 aliphatic rings. The van der Waals surface area contributed by atoms with Gasteiger partial charge in [0.25, 0.3) is 6.43 Å². The van der Waals surface area contributed by atoms with Crippen molar-refractivity contribution in [2.24, 2.45) is 5.73 Å². The van der Waals surface area contributed by atoms with Gasteiger partial charge >= 0.3 is 0 Å². The molecule has 71 valence electrons.